The van der Waals surface area contributed by atoms with E-state index in [-0.39, 0.29) is 11.3 Å². The van der Waals surface area contributed by atoms with E-state index in [0.29, 0.717) is 16.5 Å². The average Bonchev–Trinajstić information content (AvgIpc) is 2.27. The number of ketones is 1. The number of hydrogen-bond donors (Lipinski definition) is 1. The Labute approximate surface area is 91.5 Å². The van der Waals surface area contributed by atoms with E-state index in [9.17, 15) is 9.59 Å². The molecule has 16 heavy (non-hydrogen) atoms. The normalized spacial score (nSPS) is 10.3. The minimum Gasteiger partial charge on any atom is -0.478 e. The van der Waals surface area contributed by atoms with Gasteiger partial charge in [0.25, 0.3) is 0 Å². The molecule has 80 valence electrons. The van der Waals surface area contributed by atoms with Crippen LogP contribution in [0.25, 0.3) is 10.9 Å². The first-order valence-electron chi connectivity index (χ1n) is 4.72. The molecule has 0 aliphatic carbocycles. The van der Waals surface area contributed by atoms with E-state index < -0.39 is 5.97 Å². The van der Waals surface area contributed by atoms with E-state index in [1.807, 2.05) is 0 Å². The van der Waals surface area contributed by atoms with Crippen molar-refractivity contribution in [1.29, 1.82) is 0 Å². The van der Waals surface area contributed by atoms with Crippen molar-refractivity contribution in [3.8, 4) is 0 Å². The summed E-state index contributed by atoms with van der Waals surface area (Å²) in [5.74, 6) is -1.08. The van der Waals surface area contributed by atoms with Crippen molar-refractivity contribution in [2.75, 3.05) is 0 Å². The van der Waals surface area contributed by atoms with Gasteiger partial charge in [0.1, 0.15) is 0 Å². The summed E-state index contributed by atoms with van der Waals surface area (Å²) in [5, 5.41) is 9.48. The van der Waals surface area contributed by atoms with Crippen molar-refractivity contribution in [3.63, 3.8) is 0 Å². The molecule has 2 aromatic rings. The average molecular weight is 215 g/mol. The van der Waals surface area contributed by atoms with E-state index in [4.69, 9.17) is 5.11 Å². The van der Waals surface area contributed by atoms with Crippen LogP contribution in [-0.2, 0) is 0 Å². The van der Waals surface area contributed by atoms with Crippen molar-refractivity contribution in [2.24, 2.45) is 0 Å². The van der Waals surface area contributed by atoms with Crippen molar-refractivity contribution in [3.05, 3.63) is 41.6 Å². The van der Waals surface area contributed by atoms with Crippen LogP contribution >= 0.6 is 0 Å². The van der Waals surface area contributed by atoms with Gasteiger partial charge in [-0.1, -0.05) is 0 Å². The standard InChI is InChI=1S/C12H9NO3/c1-7(14)8-2-3-11-9(4-8)5-10(6-13-11)12(15)16/h2-6H,1H3,(H,15,16). The van der Waals surface area contributed by atoms with Gasteiger partial charge < -0.3 is 5.11 Å². The predicted molar refractivity (Wildman–Crippen MR) is 58.7 cm³/mol. The smallest absolute Gasteiger partial charge is 0.337 e. The van der Waals surface area contributed by atoms with Gasteiger partial charge in [0.05, 0.1) is 11.1 Å². The summed E-state index contributed by atoms with van der Waals surface area (Å²) in [6, 6.07) is 6.55. The number of aromatic carboxylic acids is 1. The zero-order valence-corrected chi connectivity index (χ0v) is 8.60. The number of carbonyl (C=O) groups is 2. The molecular weight excluding hydrogens is 206 g/mol. The second kappa shape index (κ2) is 3.73. The van der Waals surface area contributed by atoms with Gasteiger partial charge in [0.15, 0.2) is 5.78 Å². The minimum atomic E-state index is -1.03. The predicted octanol–water partition coefficient (Wildman–Crippen LogP) is 2.14. The third-order valence-electron chi connectivity index (χ3n) is 2.33. The number of rotatable bonds is 2. The van der Waals surface area contributed by atoms with Crippen molar-refractivity contribution < 1.29 is 14.7 Å². The topological polar surface area (TPSA) is 67.3 Å². The third kappa shape index (κ3) is 1.77. The number of pyridine rings is 1. The first-order valence-corrected chi connectivity index (χ1v) is 4.72. The van der Waals surface area contributed by atoms with Crippen LogP contribution in [0.15, 0.2) is 30.5 Å². The Morgan fingerprint density at radius 2 is 1.88 bits per heavy atom. The zero-order valence-electron chi connectivity index (χ0n) is 8.60. The highest BCUT2D eigenvalue weighted by Crippen LogP contribution is 2.16. The molecule has 0 atom stereocenters. The Morgan fingerprint density at radius 3 is 2.50 bits per heavy atom. The number of nitrogens with zero attached hydrogens (tertiary/aromatic N) is 1. The van der Waals surface area contributed by atoms with E-state index in [1.54, 1.807) is 18.2 Å². The summed E-state index contributed by atoms with van der Waals surface area (Å²) in [6.07, 6.45) is 1.30. The second-order valence-electron chi connectivity index (χ2n) is 3.49. The number of Topliss-reactive ketones (excluding diaryl/α,β-unsaturated/α-hetero) is 1. The summed E-state index contributed by atoms with van der Waals surface area (Å²) < 4.78 is 0. The molecule has 0 fully saturated rings. The summed E-state index contributed by atoms with van der Waals surface area (Å²) in [5.41, 5.74) is 1.35. The molecule has 1 aromatic carbocycles. The fourth-order valence-electron chi connectivity index (χ4n) is 1.47. The van der Waals surface area contributed by atoms with Crippen molar-refractivity contribution >= 4 is 22.7 Å². The fourth-order valence-corrected chi connectivity index (χ4v) is 1.47. The van der Waals surface area contributed by atoms with Crippen LogP contribution in [0.1, 0.15) is 27.6 Å². The lowest BCUT2D eigenvalue weighted by Gasteiger charge is -2.01. The van der Waals surface area contributed by atoms with Gasteiger partial charge in [0.2, 0.25) is 0 Å². The Bertz CT molecular complexity index is 541. The van der Waals surface area contributed by atoms with Crippen LogP contribution in [0, 0.1) is 0 Å². The Balaban J connectivity index is 2.65. The summed E-state index contributed by atoms with van der Waals surface area (Å²) in [4.78, 5) is 25.9. The molecule has 1 N–H and O–H groups in total. The Kier molecular flexibility index (Phi) is 2.40. The number of carboxylic acid groups (broad SMARTS) is 1. The number of carboxylic acids is 1. The van der Waals surface area contributed by atoms with Gasteiger partial charge in [-0.05, 0) is 31.2 Å². The number of carbonyl (C=O) groups excluding carboxylic acids is 1. The highest BCUT2D eigenvalue weighted by Gasteiger charge is 2.06. The van der Waals surface area contributed by atoms with Gasteiger partial charge in [-0.15, -0.1) is 0 Å². The van der Waals surface area contributed by atoms with E-state index >= 15 is 0 Å². The van der Waals surface area contributed by atoms with Gasteiger partial charge in [-0.2, -0.15) is 0 Å². The van der Waals surface area contributed by atoms with E-state index in [2.05, 4.69) is 4.98 Å². The summed E-state index contributed by atoms with van der Waals surface area (Å²) in [6.45, 7) is 1.47. The van der Waals surface area contributed by atoms with Gasteiger partial charge in [0, 0.05) is 17.1 Å². The molecule has 4 nitrogen and oxygen atoms in total. The number of benzene rings is 1. The lowest BCUT2D eigenvalue weighted by molar-refractivity contribution is 0.0696. The zero-order chi connectivity index (χ0) is 11.7. The third-order valence-corrected chi connectivity index (χ3v) is 2.33. The number of fused-ring (bicyclic) bond motifs is 1. The van der Waals surface area contributed by atoms with Gasteiger partial charge in [-0.25, -0.2) is 4.79 Å². The molecule has 0 amide bonds. The molecule has 1 heterocycles. The molecule has 0 spiro atoms. The molecule has 0 saturated heterocycles. The minimum absolute atomic E-state index is 0.0531. The van der Waals surface area contributed by atoms with Crippen LogP contribution in [-0.4, -0.2) is 21.8 Å². The summed E-state index contributed by atoms with van der Waals surface area (Å²) >= 11 is 0. The largest absolute Gasteiger partial charge is 0.478 e. The number of hydrogen-bond acceptors (Lipinski definition) is 3. The first kappa shape index (κ1) is 10.3. The maximum absolute atomic E-state index is 11.2. The second-order valence-corrected chi connectivity index (χ2v) is 3.49. The Morgan fingerprint density at radius 1 is 1.19 bits per heavy atom. The Hall–Kier alpha value is -2.23. The fraction of sp³-hybridized carbons (Fsp3) is 0.0833. The quantitative estimate of drug-likeness (QED) is 0.779. The summed E-state index contributed by atoms with van der Waals surface area (Å²) in [7, 11) is 0. The maximum Gasteiger partial charge on any atom is 0.337 e. The highest BCUT2D eigenvalue weighted by atomic mass is 16.4. The SMILES string of the molecule is CC(=O)c1ccc2ncc(C(=O)O)cc2c1. The molecule has 2 rings (SSSR count). The van der Waals surface area contributed by atoms with E-state index in [0.717, 1.165) is 0 Å². The monoisotopic (exact) mass is 215 g/mol. The molecule has 4 heteroatoms. The molecule has 0 saturated carbocycles. The van der Waals surface area contributed by atoms with Crippen LogP contribution in [0.4, 0.5) is 0 Å². The van der Waals surface area contributed by atoms with Gasteiger partial charge >= 0.3 is 5.97 Å². The first-order chi connectivity index (χ1) is 7.58. The lowest BCUT2D eigenvalue weighted by Crippen LogP contribution is -1.98. The number of aromatic nitrogens is 1. The maximum atomic E-state index is 11.2. The van der Waals surface area contributed by atoms with E-state index in [1.165, 1.54) is 19.2 Å². The molecule has 0 bridgehead atoms. The molecule has 1 aromatic heterocycles. The van der Waals surface area contributed by atoms with Crippen LogP contribution in [0.3, 0.4) is 0 Å². The van der Waals surface area contributed by atoms with Crippen molar-refractivity contribution in [2.45, 2.75) is 6.92 Å². The molecule has 0 aliphatic heterocycles. The molecule has 0 radical (unpaired) electrons. The molecule has 0 aliphatic rings. The lowest BCUT2D eigenvalue weighted by atomic mass is 10.1. The van der Waals surface area contributed by atoms with Crippen molar-refractivity contribution in [1.82, 2.24) is 4.98 Å². The van der Waals surface area contributed by atoms with Gasteiger partial charge in [-0.3, -0.25) is 9.78 Å². The van der Waals surface area contributed by atoms with Crippen LogP contribution in [0.5, 0.6) is 0 Å². The molecular formula is C12H9NO3. The van der Waals surface area contributed by atoms with Crippen LogP contribution < -0.4 is 0 Å². The van der Waals surface area contributed by atoms with Crippen LogP contribution in [0.2, 0.25) is 0 Å². The molecule has 0 unspecified atom stereocenters. The highest BCUT2D eigenvalue weighted by molar-refractivity contribution is 5.99.